The summed E-state index contributed by atoms with van der Waals surface area (Å²) in [7, 11) is -4.67. The number of nitrogens with zero attached hydrogens (tertiary/aromatic N) is 5. The zero-order valence-electron chi connectivity index (χ0n) is 33.8. The first kappa shape index (κ1) is 45.3. The van der Waals surface area contributed by atoms with Crippen LogP contribution in [0, 0.1) is 9.49 Å². The molecule has 19 heteroatoms. The fraction of sp³-hybridized carbons (Fsp3) is 0.350. The van der Waals surface area contributed by atoms with Crippen molar-refractivity contribution in [3.05, 3.63) is 105 Å². The number of carbonyl (C=O) groups is 1. The number of nitrogens with one attached hydrogen (secondary N) is 2. The number of rotatable bonds is 18. The predicted octanol–water partition coefficient (Wildman–Crippen LogP) is 5.85. The molecule has 4 aromatic carbocycles. The molecule has 0 aliphatic carbocycles. The van der Waals surface area contributed by atoms with Crippen molar-refractivity contribution in [2.75, 3.05) is 34.4 Å². The average molecular weight is 962 g/mol. The lowest BCUT2D eigenvalue weighted by Gasteiger charge is -2.26. The second-order valence-corrected chi connectivity index (χ2v) is 19.3. The molecule has 1 aromatic heterocycles. The highest BCUT2D eigenvalue weighted by Gasteiger charge is 2.37. The Morgan fingerprint density at radius 1 is 0.780 bits per heavy atom. The number of halogens is 1. The predicted molar refractivity (Wildman–Crippen MR) is 229 cm³/mol. The third-order valence-electron chi connectivity index (χ3n) is 8.77. The summed E-state index contributed by atoms with van der Waals surface area (Å²) in [5.41, 5.74) is 1.30. The minimum Gasteiger partial charge on any atom is -0.497 e. The van der Waals surface area contributed by atoms with Gasteiger partial charge in [0.15, 0.2) is 0 Å². The summed E-state index contributed by atoms with van der Waals surface area (Å²) in [6.45, 7) is 6.78. The molecule has 1 amide bonds. The molecule has 0 saturated heterocycles. The van der Waals surface area contributed by atoms with Crippen LogP contribution < -0.4 is 24.2 Å². The molecule has 5 aromatic rings. The number of hydrogen-bond donors (Lipinski definition) is 2. The van der Waals surface area contributed by atoms with Crippen LogP contribution in [0.25, 0.3) is 11.4 Å². The molecule has 5 rings (SSSR count). The van der Waals surface area contributed by atoms with Gasteiger partial charge in [-0.2, -0.15) is 9.10 Å². The van der Waals surface area contributed by atoms with Gasteiger partial charge < -0.3 is 24.3 Å². The molecule has 0 saturated carbocycles. The summed E-state index contributed by atoms with van der Waals surface area (Å²) in [6, 6.07) is 23.8. The molecule has 1 heterocycles. The molecule has 0 aliphatic rings. The van der Waals surface area contributed by atoms with Crippen molar-refractivity contribution in [3.8, 4) is 28.6 Å². The van der Waals surface area contributed by atoms with Gasteiger partial charge in [-0.1, -0.05) is 43.3 Å². The Morgan fingerprint density at radius 3 is 1.78 bits per heavy atom. The van der Waals surface area contributed by atoms with Gasteiger partial charge in [0.2, 0.25) is 25.9 Å². The van der Waals surface area contributed by atoms with Gasteiger partial charge in [-0.3, -0.25) is 0 Å². The van der Waals surface area contributed by atoms with Gasteiger partial charge in [0, 0.05) is 29.7 Å². The van der Waals surface area contributed by atoms with E-state index in [1.54, 1.807) is 95.5 Å². The van der Waals surface area contributed by atoms with Gasteiger partial charge in [0.05, 0.1) is 33.4 Å². The van der Waals surface area contributed by atoms with Crippen LogP contribution in [0.3, 0.4) is 0 Å². The van der Waals surface area contributed by atoms with Crippen LogP contribution in [-0.4, -0.2) is 87.5 Å². The van der Waals surface area contributed by atoms with E-state index in [2.05, 4.69) is 25.4 Å². The summed E-state index contributed by atoms with van der Waals surface area (Å²) in [4.78, 5) is 12.5. The number of sulfonamides is 2. The highest BCUT2D eigenvalue weighted by Crippen LogP contribution is 2.38. The van der Waals surface area contributed by atoms with Crippen molar-refractivity contribution in [1.82, 2.24) is 34.6 Å². The van der Waals surface area contributed by atoms with Crippen molar-refractivity contribution in [2.24, 2.45) is 5.92 Å². The molecule has 0 fully saturated rings. The van der Waals surface area contributed by atoms with E-state index in [9.17, 15) is 13.2 Å². The van der Waals surface area contributed by atoms with Gasteiger partial charge >= 0.3 is 6.09 Å². The van der Waals surface area contributed by atoms with Crippen molar-refractivity contribution < 1.29 is 40.6 Å². The van der Waals surface area contributed by atoms with Gasteiger partial charge in [-0.25, -0.2) is 26.4 Å². The molecule has 59 heavy (non-hydrogen) atoms. The van der Waals surface area contributed by atoms with Crippen LogP contribution in [0.15, 0.2) is 94.7 Å². The maximum atomic E-state index is 15.4. The highest BCUT2D eigenvalue weighted by atomic mass is 127. The smallest absolute Gasteiger partial charge is 0.407 e. The quantitative estimate of drug-likeness (QED) is 0.0998. The van der Waals surface area contributed by atoms with E-state index in [1.807, 2.05) is 34.7 Å². The Labute approximate surface area is 358 Å². The van der Waals surface area contributed by atoms with E-state index < -0.39 is 47.4 Å². The summed E-state index contributed by atoms with van der Waals surface area (Å²) in [5, 5.41) is 15.7. The van der Waals surface area contributed by atoms with Crippen molar-refractivity contribution in [2.45, 2.75) is 62.7 Å². The number of aromatic nitrogens is 4. The first-order valence-electron chi connectivity index (χ1n) is 18.4. The molecular formula is C40H48IN7O9S2. The molecule has 2 N–H and O–H groups in total. The largest absolute Gasteiger partial charge is 0.497 e. The minimum atomic E-state index is -4.74. The Kier molecular flexibility index (Phi) is 14.9. The van der Waals surface area contributed by atoms with E-state index in [0.29, 0.717) is 31.9 Å². The molecule has 316 valence electrons. The first-order chi connectivity index (χ1) is 27.9. The Balaban J connectivity index is 1.60. The van der Waals surface area contributed by atoms with Crippen LogP contribution in [0.1, 0.15) is 44.4 Å². The summed E-state index contributed by atoms with van der Waals surface area (Å²) < 4.78 is 85.0. The molecule has 0 aliphatic heterocycles. The number of carbonyl (C=O) groups excluding carboxylic acids is 1. The highest BCUT2D eigenvalue weighted by molar-refractivity contribution is 14.1. The van der Waals surface area contributed by atoms with E-state index in [-0.39, 0.29) is 44.1 Å². The maximum absolute atomic E-state index is 15.4. The topological polar surface area (TPSA) is 193 Å². The number of amides is 1. The van der Waals surface area contributed by atoms with E-state index in [0.717, 1.165) is 5.56 Å². The molecule has 0 bridgehead atoms. The lowest BCUT2D eigenvalue weighted by molar-refractivity contribution is 0.0521. The molecule has 0 radical (unpaired) electrons. The van der Waals surface area contributed by atoms with Crippen LogP contribution in [0.4, 0.5) is 4.79 Å². The zero-order valence-corrected chi connectivity index (χ0v) is 37.6. The first-order valence-corrected chi connectivity index (χ1v) is 22.4. The molecule has 16 nitrogen and oxygen atoms in total. The van der Waals surface area contributed by atoms with E-state index in [1.165, 1.54) is 35.5 Å². The van der Waals surface area contributed by atoms with Crippen molar-refractivity contribution in [1.29, 1.82) is 0 Å². The molecule has 0 spiro atoms. The van der Waals surface area contributed by atoms with Gasteiger partial charge in [0.1, 0.15) is 32.6 Å². The van der Waals surface area contributed by atoms with Gasteiger partial charge in [0.25, 0.3) is 0 Å². The minimum absolute atomic E-state index is 0.0384. The van der Waals surface area contributed by atoms with Crippen LogP contribution in [-0.2, 0) is 44.4 Å². The van der Waals surface area contributed by atoms with Gasteiger partial charge in [-0.15, -0.1) is 10.2 Å². The second-order valence-electron chi connectivity index (χ2n) is 14.6. The second kappa shape index (κ2) is 19.5. The van der Waals surface area contributed by atoms with Crippen molar-refractivity contribution >= 4 is 48.7 Å². The monoisotopic (exact) mass is 961 g/mol. The number of ether oxygens (including phenoxy) is 4. The number of benzene rings is 4. The van der Waals surface area contributed by atoms with Crippen molar-refractivity contribution in [3.63, 3.8) is 0 Å². The zero-order chi connectivity index (χ0) is 43.0. The number of hydrogen-bond acceptors (Lipinski definition) is 12. The number of tetrazole rings is 1. The van der Waals surface area contributed by atoms with Crippen LogP contribution in [0.5, 0.6) is 17.2 Å². The average Bonchev–Trinajstić information content (AvgIpc) is 3.66. The molecule has 1 atom stereocenters. The Bertz CT molecular complexity index is 2370. The van der Waals surface area contributed by atoms with Gasteiger partial charge in [-0.05, 0) is 120 Å². The normalized spacial score (nSPS) is 12.6. The lowest BCUT2D eigenvalue weighted by Crippen LogP contribution is -2.38. The fourth-order valence-corrected chi connectivity index (χ4v) is 10.2. The van der Waals surface area contributed by atoms with Crippen LogP contribution >= 0.6 is 22.6 Å². The number of methoxy groups -OCH3 is 3. The Hall–Kier alpha value is -4.83. The van der Waals surface area contributed by atoms with E-state index in [4.69, 9.17) is 18.9 Å². The molecule has 0 unspecified atom stereocenters. The fourth-order valence-electron chi connectivity index (χ4n) is 5.72. The lowest BCUT2D eigenvalue weighted by atomic mass is 10.2. The SMILES string of the molecule is COc1ccc(CN(Cc2ccc(OC)cc2)S(=O)(=O)c2c(S(=O)(=O)NC[C@H](C)CNC(=O)OC(C)(C)C)ccc(I)c2-c2nnn(Cc3ccc(OC)cc3)n2)cc1. The van der Waals surface area contributed by atoms with E-state index >= 15 is 8.42 Å². The maximum Gasteiger partial charge on any atom is 0.407 e. The summed E-state index contributed by atoms with van der Waals surface area (Å²) >= 11 is 1.95. The molecular weight excluding hydrogens is 914 g/mol. The third kappa shape index (κ3) is 12.1. The third-order valence-corrected chi connectivity index (χ3v) is 13.1. The number of alkyl carbamates (subject to hydrolysis) is 1. The summed E-state index contributed by atoms with van der Waals surface area (Å²) in [5.74, 6) is 1.32. The van der Waals surface area contributed by atoms with Crippen LogP contribution in [0.2, 0.25) is 0 Å². The Morgan fingerprint density at radius 2 is 1.29 bits per heavy atom. The standard InChI is InChI=1S/C40H48IN7O9S2/c1-27(22-42-39(49)57-40(2,3)4)23-43-58(50,51)35-21-20-34(41)36(38-44-46-48(45-38)26-30-12-18-33(56-7)19-13-30)37(35)59(52,53)47(24-28-8-14-31(54-5)15-9-28)25-29-10-16-32(55-6)17-11-29/h8-21,27,43H,22-26H2,1-7H3,(H,42,49)/t27-/m1/s1. The summed E-state index contributed by atoms with van der Waals surface area (Å²) in [6.07, 6.45) is -0.649.